The topological polar surface area (TPSA) is 56.3 Å². The predicted molar refractivity (Wildman–Crippen MR) is 79.9 cm³/mol. The molecule has 1 rings (SSSR count). The van der Waals surface area contributed by atoms with Gasteiger partial charge < -0.3 is 14.8 Å². The van der Waals surface area contributed by atoms with E-state index in [-0.39, 0.29) is 5.60 Å². The van der Waals surface area contributed by atoms with Gasteiger partial charge in [0.05, 0.1) is 12.2 Å². The van der Waals surface area contributed by atoms with Crippen LogP contribution in [0.4, 0.5) is 0 Å². The molecule has 0 amide bonds. The highest BCUT2D eigenvalue weighted by Gasteiger charge is 2.10. The van der Waals surface area contributed by atoms with Crippen molar-refractivity contribution in [1.82, 2.24) is 15.3 Å². The highest BCUT2D eigenvalue weighted by Crippen LogP contribution is 2.10. The van der Waals surface area contributed by atoms with E-state index >= 15 is 0 Å². The van der Waals surface area contributed by atoms with E-state index in [1.807, 2.05) is 33.9 Å². The first-order valence-corrected chi connectivity index (χ1v) is 7.10. The average Bonchev–Trinajstić information content (AvgIpc) is 2.32. The van der Waals surface area contributed by atoms with E-state index in [4.69, 9.17) is 9.47 Å². The molecule has 0 aromatic carbocycles. The van der Waals surface area contributed by atoms with Gasteiger partial charge in [0, 0.05) is 30.0 Å². The Balaban J connectivity index is 2.43. The van der Waals surface area contributed by atoms with Gasteiger partial charge in [-0.05, 0) is 27.7 Å². The van der Waals surface area contributed by atoms with Crippen LogP contribution in [-0.2, 0) is 11.3 Å². The predicted octanol–water partition coefficient (Wildman–Crippen LogP) is 2.48. The SMILES string of the molecule is Cc1nc(OCCOC(C)(C)C)ncc1CNC(C)C. The molecule has 1 N–H and O–H groups in total. The van der Waals surface area contributed by atoms with Crippen LogP contribution in [0.2, 0.25) is 0 Å². The highest BCUT2D eigenvalue weighted by atomic mass is 16.5. The van der Waals surface area contributed by atoms with Crippen LogP contribution < -0.4 is 10.1 Å². The number of nitrogens with zero attached hydrogens (tertiary/aromatic N) is 2. The summed E-state index contributed by atoms with van der Waals surface area (Å²) >= 11 is 0. The van der Waals surface area contributed by atoms with E-state index in [0.29, 0.717) is 25.3 Å². The van der Waals surface area contributed by atoms with Gasteiger partial charge in [-0.25, -0.2) is 9.97 Å². The molecule has 1 aromatic heterocycles. The number of aromatic nitrogens is 2. The minimum atomic E-state index is -0.146. The first kappa shape index (κ1) is 16.9. The Morgan fingerprint density at radius 3 is 2.50 bits per heavy atom. The van der Waals surface area contributed by atoms with Gasteiger partial charge in [-0.2, -0.15) is 0 Å². The van der Waals surface area contributed by atoms with Crippen molar-refractivity contribution in [2.75, 3.05) is 13.2 Å². The Hall–Kier alpha value is -1.20. The highest BCUT2D eigenvalue weighted by molar-refractivity contribution is 5.17. The first-order chi connectivity index (χ1) is 9.28. The Morgan fingerprint density at radius 2 is 1.95 bits per heavy atom. The second kappa shape index (κ2) is 7.55. The molecule has 0 fully saturated rings. The fraction of sp³-hybridized carbons (Fsp3) is 0.733. The summed E-state index contributed by atoms with van der Waals surface area (Å²) in [5.41, 5.74) is 1.89. The van der Waals surface area contributed by atoms with Crippen LogP contribution in [0.25, 0.3) is 0 Å². The Bertz CT molecular complexity index is 414. The van der Waals surface area contributed by atoms with Crippen molar-refractivity contribution in [1.29, 1.82) is 0 Å². The average molecular weight is 281 g/mol. The van der Waals surface area contributed by atoms with Crippen LogP contribution in [0.1, 0.15) is 45.9 Å². The summed E-state index contributed by atoms with van der Waals surface area (Å²) < 4.78 is 11.1. The second-order valence-corrected chi connectivity index (χ2v) is 6.11. The van der Waals surface area contributed by atoms with Crippen molar-refractivity contribution >= 4 is 0 Å². The zero-order chi connectivity index (χ0) is 15.2. The molecule has 1 heterocycles. The molecule has 0 aliphatic rings. The van der Waals surface area contributed by atoms with E-state index in [1.165, 1.54) is 0 Å². The van der Waals surface area contributed by atoms with E-state index < -0.39 is 0 Å². The summed E-state index contributed by atoms with van der Waals surface area (Å²) in [4.78, 5) is 8.58. The number of aryl methyl sites for hydroxylation is 1. The maximum atomic E-state index is 5.58. The van der Waals surface area contributed by atoms with Crippen molar-refractivity contribution < 1.29 is 9.47 Å². The molecule has 0 aliphatic carbocycles. The van der Waals surface area contributed by atoms with E-state index in [9.17, 15) is 0 Å². The lowest BCUT2D eigenvalue weighted by Crippen LogP contribution is -2.23. The van der Waals surface area contributed by atoms with Gasteiger partial charge in [0.2, 0.25) is 0 Å². The normalized spacial score (nSPS) is 11.9. The van der Waals surface area contributed by atoms with Gasteiger partial charge in [0.1, 0.15) is 6.61 Å². The minimum absolute atomic E-state index is 0.146. The van der Waals surface area contributed by atoms with Crippen LogP contribution in [0, 0.1) is 6.92 Å². The number of rotatable bonds is 7. The maximum absolute atomic E-state index is 5.58. The molecule has 0 atom stereocenters. The van der Waals surface area contributed by atoms with Crippen LogP contribution in [0.15, 0.2) is 6.20 Å². The summed E-state index contributed by atoms with van der Waals surface area (Å²) in [6, 6.07) is 0.855. The minimum Gasteiger partial charge on any atom is -0.461 e. The van der Waals surface area contributed by atoms with Gasteiger partial charge in [0.25, 0.3) is 0 Å². The molecular formula is C15H27N3O2. The lowest BCUT2D eigenvalue weighted by Gasteiger charge is -2.19. The van der Waals surface area contributed by atoms with Crippen molar-refractivity contribution in [2.24, 2.45) is 0 Å². The standard InChI is InChI=1S/C15H27N3O2/c1-11(2)16-9-13-10-17-14(18-12(13)3)19-7-8-20-15(4,5)6/h10-11,16H,7-9H2,1-6H3. The number of ether oxygens (including phenoxy) is 2. The second-order valence-electron chi connectivity index (χ2n) is 6.11. The molecule has 0 aliphatic heterocycles. The largest absolute Gasteiger partial charge is 0.461 e. The molecule has 0 saturated carbocycles. The molecule has 20 heavy (non-hydrogen) atoms. The lowest BCUT2D eigenvalue weighted by atomic mass is 10.2. The van der Waals surface area contributed by atoms with Crippen LogP contribution in [0.5, 0.6) is 6.01 Å². The molecule has 5 heteroatoms. The fourth-order valence-electron chi connectivity index (χ4n) is 1.51. The summed E-state index contributed by atoms with van der Waals surface area (Å²) in [7, 11) is 0. The summed E-state index contributed by atoms with van der Waals surface area (Å²) in [6.45, 7) is 14.0. The van der Waals surface area contributed by atoms with E-state index in [0.717, 1.165) is 17.8 Å². The van der Waals surface area contributed by atoms with Crippen LogP contribution in [-0.4, -0.2) is 34.8 Å². The van der Waals surface area contributed by atoms with Crippen LogP contribution in [0.3, 0.4) is 0 Å². The molecule has 0 radical (unpaired) electrons. The van der Waals surface area contributed by atoms with Crippen molar-refractivity contribution in [3.05, 3.63) is 17.5 Å². The van der Waals surface area contributed by atoms with Gasteiger partial charge >= 0.3 is 6.01 Å². The molecule has 0 saturated heterocycles. The zero-order valence-electron chi connectivity index (χ0n) is 13.5. The molecule has 0 unspecified atom stereocenters. The Kier molecular flexibility index (Phi) is 6.36. The molecule has 5 nitrogen and oxygen atoms in total. The number of nitrogens with one attached hydrogen (secondary N) is 1. The Morgan fingerprint density at radius 1 is 1.25 bits per heavy atom. The van der Waals surface area contributed by atoms with Crippen molar-refractivity contribution in [2.45, 2.75) is 59.7 Å². The third-order valence-corrected chi connectivity index (χ3v) is 2.61. The van der Waals surface area contributed by atoms with Gasteiger partial charge in [0.15, 0.2) is 0 Å². The first-order valence-electron chi connectivity index (χ1n) is 7.10. The van der Waals surface area contributed by atoms with Crippen LogP contribution >= 0.6 is 0 Å². The van der Waals surface area contributed by atoms with E-state index in [1.54, 1.807) is 0 Å². The maximum Gasteiger partial charge on any atom is 0.316 e. The monoisotopic (exact) mass is 281 g/mol. The molecule has 0 spiro atoms. The third kappa shape index (κ3) is 6.82. The molecule has 1 aromatic rings. The van der Waals surface area contributed by atoms with Gasteiger partial charge in [-0.1, -0.05) is 13.8 Å². The molecule has 0 bridgehead atoms. The van der Waals surface area contributed by atoms with E-state index in [2.05, 4.69) is 29.1 Å². The fourth-order valence-corrected chi connectivity index (χ4v) is 1.51. The van der Waals surface area contributed by atoms with Gasteiger partial charge in [-0.15, -0.1) is 0 Å². The number of hydrogen-bond donors (Lipinski definition) is 1. The Labute approximate surface area is 122 Å². The third-order valence-electron chi connectivity index (χ3n) is 2.61. The quantitative estimate of drug-likeness (QED) is 0.778. The molecule has 114 valence electrons. The zero-order valence-corrected chi connectivity index (χ0v) is 13.5. The van der Waals surface area contributed by atoms with Gasteiger partial charge in [-0.3, -0.25) is 0 Å². The molecular weight excluding hydrogens is 254 g/mol. The lowest BCUT2D eigenvalue weighted by molar-refractivity contribution is -0.0174. The van der Waals surface area contributed by atoms with Crippen molar-refractivity contribution in [3.8, 4) is 6.01 Å². The smallest absolute Gasteiger partial charge is 0.316 e. The van der Waals surface area contributed by atoms with Crippen molar-refractivity contribution in [3.63, 3.8) is 0 Å². The summed E-state index contributed by atoms with van der Waals surface area (Å²) in [6.07, 6.45) is 1.82. The number of hydrogen-bond acceptors (Lipinski definition) is 5. The summed E-state index contributed by atoms with van der Waals surface area (Å²) in [5, 5.41) is 3.35. The summed E-state index contributed by atoms with van der Waals surface area (Å²) in [5.74, 6) is 0.